The monoisotopic (exact) mass is 224 g/mol. The topological polar surface area (TPSA) is 92.3 Å². The van der Waals surface area contributed by atoms with E-state index >= 15 is 0 Å². The number of carbonyl (C=O) groups is 4. The number of rotatable bonds is 3. The Morgan fingerprint density at radius 2 is 1.75 bits per heavy atom. The molecule has 0 bridgehead atoms. The first-order valence-electron chi connectivity index (χ1n) is 4.83. The van der Waals surface area contributed by atoms with Crippen LogP contribution < -0.4 is 10.6 Å². The second-order valence-electron chi connectivity index (χ2n) is 3.36. The minimum Gasteiger partial charge on any atom is -0.293 e. The van der Waals surface area contributed by atoms with Gasteiger partial charge in [-0.15, -0.1) is 0 Å². The van der Waals surface area contributed by atoms with Crippen LogP contribution in [0.1, 0.15) is 20.3 Å². The number of nitrogens with one attached hydrogen (secondary N) is 2. The van der Waals surface area contributed by atoms with Crippen molar-refractivity contribution in [3.05, 3.63) is 12.2 Å². The molecule has 1 aliphatic heterocycles. The molecule has 1 saturated heterocycles. The van der Waals surface area contributed by atoms with Gasteiger partial charge in [-0.3, -0.25) is 25.0 Å². The molecule has 1 heterocycles. The molecule has 0 saturated carbocycles. The van der Waals surface area contributed by atoms with Gasteiger partial charge in [-0.25, -0.2) is 4.79 Å². The normalized spacial score (nSPS) is 19.5. The van der Waals surface area contributed by atoms with Crippen molar-refractivity contribution in [2.24, 2.45) is 5.41 Å². The van der Waals surface area contributed by atoms with Gasteiger partial charge in [0, 0.05) is 0 Å². The molecule has 1 aliphatic rings. The van der Waals surface area contributed by atoms with Crippen LogP contribution in [0.2, 0.25) is 0 Å². The molecule has 16 heavy (non-hydrogen) atoms. The minimum absolute atomic E-state index is 0.00111. The van der Waals surface area contributed by atoms with Crippen LogP contribution in [0.4, 0.5) is 4.79 Å². The highest BCUT2D eigenvalue weighted by Crippen LogP contribution is 2.26. The molecule has 4 amide bonds. The van der Waals surface area contributed by atoms with Crippen molar-refractivity contribution in [2.45, 2.75) is 20.3 Å². The largest absolute Gasteiger partial charge is 0.328 e. The molecular formula is C10H12N2O4. The predicted octanol–water partition coefficient (Wildman–Crippen LogP) is -0.106. The number of urea groups is 1. The van der Waals surface area contributed by atoms with Crippen molar-refractivity contribution >= 4 is 23.6 Å². The second-order valence-corrected chi connectivity index (χ2v) is 3.36. The Morgan fingerprint density at radius 3 is 2.12 bits per heavy atom. The van der Waals surface area contributed by atoms with Gasteiger partial charge >= 0.3 is 6.03 Å². The van der Waals surface area contributed by atoms with Crippen LogP contribution in [0.15, 0.2) is 12.2 Å². The molecule has 0 atom stereocenters. The van der Waals surface area contributed by atoms with Gasteiger partial charge in [-0.05, 0) is 19.4 Å². The summed E-state index contributed by atoms with van der Waals surface area (Å²) in [4.78, 5) is 45.9. The van der Waals surface area contributed by atoms with Crippen LogP contribution in [0.5, 0.6) is 0 Å². The van der Waals surface area contributed by atoms with E-state index in [0.29, 0.717) is 0 Å². The summed E-state index contributed by atoms with van der Waals surface area (Å²) in [7, 11) is 0. The van der Waals surface area contributed by atoms with Gasteiger partial charge in [0.25, 0.3) is 11.8 Å². The third-order valence-electron chi connectivity index (χ3n) is 2.50. The summed E-state index contributed by atoms with van der Waals surface area (Å²) < 4.78 is 0. The fourth-order valence-electron chi connectivity index (χ4n) is 1.57. The molecule has 2 N–H and O–H groups in total. The Bertz CT molecular complexity index is 378. The van der Waals surface area contributed by atoms with E-state index in [1.165, 1.54) is 13.0 Å². The first-order valence-corrected chi connectivity index (χ1v) is 4.83. The van der Waals surface area contributed by atoms with Crippen molar-refractivity contribution < 1.29 is 19.2 Å². The van der Waals surface area contributed by atoms with E-state index in [0.717, 1.165) is 6.08 Å². The number of barbiturate groups is 1. The minimum atomic E-state index is -1.82. The smallest absolute Gasteiger partial charge is 0.293 e. The van der Waals surface area contributed by atoms with Crippen LogP contribution >= 0.6 is 0 Å². The van der Waals surface area contributed by atoms with Gasteiger partial charge in [-0.2, -0.15) is 0 Å². The zero-order valence-corrected chi connectivity index (χ0v) is 8.99. The molecule has 6 nitrogen and oxygen atoms in total. The van der Waals surface area contributed by atoms with E-state index in [4.69, 9.17) is 0 Å². The molecule has 86 valence electrons. The molecule has 0 aliphatic carbocycles. The van der Waals surface area contributed by atoms with Crippen LogP contribution in [-0.2, 0) is 14.4 Å². The van der Waals surface area contributed by atoms with Gasteiger partial charge in [0.1, 0.15) is 0 Å². The lowest BCUT2D eigenvalue weighted by molar-refractivity contribution is -0.150. The van der Waals surface area contributed by atoms with Crippen LogP contribution in [0.25, 0.3) is 0 Å². The molecule has 0 aromatic carbocycles. The highest BCUT2D eigenvalue weighted by Gasteiger charge is 2.53. The highest BCUT2D eigenvalue weighted by molar-refractivity contribution is 6.32. The molecular weight excluding hydrogens is 212 g/mol. The average Bonchev–Trinajstić information content (AvgIpc) is 2.18. The third kappa shape index (κ3) is 1.62. The number of ketones is 1. The molecule has 0 spiro atoms. The molecule has 0 radical (unpaired) electrons. The lowest BCUT2D eigenvalue weighted by Crippen LogP contribution is -2.64. The van der Waals surface area contributed by atoms with E-state index in [1.54, 1.807) is 6.92 Å². The Labute approximate surface area is 92.1 Å². The van der Waals surface area contributed by atoms with E-state index in [2.05, 4.69) is 0 Å². The molecule has 6 heteroatoms. The summed E-state index contributed by atoms with van der Waals surface area (Å²) in [5, 5.41) is 3.85. The van der Waals surface area contributed by atoms with E-state index < -0.39 is 29.0 Å². The van der Waals surface area contributed by atoms with Crippen LogP contribution in [-0.4, -0.2) is 23.6 Å². The van der Waals surface area contributed by atoms with E-state index in [1.807, 2.05) is 10.6 Å². The molecule has 1 rings (SSSR count). The van der Waals surface area contributed by atoms with Crippen molar-refractivity contribution in [1.29, 1.82) is 0 Å². The zero-order valence-electron chi connectivity index (χ0n) is 8.99. The van der Waals surface area contributed by atoms with Crippen LogP contribution in [0, 0.1) is 5.41 Å². The standard InChI is InChI=1S/C10H12N2O4/c1-3-5-6(13)10(4-2)7(14)11-9(16)12-8(10)15/h3,5H,4H2,1-2H3,(H2,11,12,14,15,16)/b5-3+. The van der Waals surface area contributed by atoms with Crippen molar-refractivity contribution in [2.75, 3.05) is 0 Å². The van der Waals surface area contributed by atoms with Gasteiger partial charge in [-0.1, -0.05) is 13.0 Å². The Kier molecular flexibility index (Phi) is 3.22. The summed E-state index contributed by atoms with van der Waals surface area (Å²) in [6, 6.07) is -0.896. The average molecular weight is 224 g/mol. The lowest BCUT2D eigenvalue weighted by atomic mass is 9.77. The highest BCUT2D eigenvalue weighted by atomic mass is 16.2. The fourth-order valence-corrected chi connectivity index (χ4v) is 1.57. The number of allylic oxidation sites excluding steroid dienone is 2. The quantitative estimate of drug-likeness (QED) is 0.517. The maximum atomic E-state index is 11.8. The molecule has 1 fully saturated rings. The Hall–Kier alpha value is -1.98. The fraction of sp³-hybridized carbons (Fsp3) is 0.400. The lowest BCUT2D eigenvalue weighted by Gasteiger charge is -2.30. The predicted molar refractivity (Wildman–Crippen MR) is 54.2 cm³/mol. The van der Waals surface area contributed by atoms with Crippen molar-refractivity contribution in [3.63, 3.8) is 0 Å². The molecule has 0 aromatic rings. The second kappa shape index (κ2) is 4.26. The number of hydrogen-bond donors (Lipinski definition) is 2. The zero-order chi connectivity index (χ0) is 12.3. The SMILES string of the molecule is C/C=C/C(=O)C1(CC)C(=O)NC(=O)NC1=O. The van der Waals surface area contributed by atoms with E-state index in [9.17, 15) is 19.2 Å². The van der Waals surface area contributed by atoms with Crippen molar-refractivity contribution in [3.8, 4) is 0 Å². The van der Waals surface area contributed by atoms with Gasteiger partial charge in [0.15, 0.2) is 11.2 Å². The number of hydrogen-bond acceptors (Lipinski definition) is 4. The third-order valence-corrected chi connectivity index (χ3v) is 2.50. The summed E-state index contributed by atoms with van der Waals surface area (Å²) in [6.45, 7) is 3.14. The number of amides is 4. The first-order chi connectivity index (χ1) is 7.48. The van der Waals surface area contributed by atoms with Crippen molar-refractivity contribution in [1.82, 2.24) is 10.6 Å². The first kappa shape index (κ1) is 12.1. The summed E-state index contributed by atoms with van der Waals surface area (Å²) >= 11 is 0. The Balaban J connectivity index is 3.20. The van der Waals surface area contributed by atoms with Gasteiger partial charge in [0.05, 0.1) is 0 Å². The van der Waals surface area contributed by atoms with Gasteiger partial charge in [0.2, 0.25) is 0 Å². The number of imide groups is 2. The molecule has 0 aromatic heterocycles. The number of carbonyl (C=O) groups excluding carboxylic acids is 4. The Morgan fingerprint density at radius 1 is 1.25 bits per heavy atom. The summed E-state index contributed by atoms with van der Waals surface area (Å²) in [5.74, 6) is -2.36. The summed E-state index contributed by atoms with van der Waals surface area (Å²) in [6.07, 6.45) is 2.59. The maximum Gasteiger partial charge on any atom is 0.328 e. The summed E-state index contributed by atoms with van der Waals surface area (Å²) in [5.41, 5.74) is -1.82. The van der Waals surface area contributed by atoms with E-state index in [-0.39, 0.29) is 6.42 Å². The van der Waals surface area contributed by atoms with Gasteiger partial charge < -0.3 is 0 Å². The maximum absolute atomic E-state index is 11.8. The molecule has 0 unspecified atom stereocenters. The van der Waals surface area contributed by atoms with Crippen LogP contribution in [0.3, 0.4) is 0 Å².